The number of amides is 1. The Morgan fingerprint density at radius 2 is 2.03 bits per heavy atom. The number of nitrogens with zero attached hydrogens (tertiary/aromatic N) is 2. The highest BCUT2D eigenvalue weighted by Gasteiger charge is 2.23. The number of carbonyl (C=O) groups excluding carboxylic acids is 1. The first-order valence-electron chi connectivity index (χ1n) is 10.3. The minimum Gasteiger partial charge on any atom is -0.455 e. The molecule has 1 amide bonds. The molecule has 0 saturated carbocycles. The second-order valence-electron chi connectivity index (χ2n) is 7.47. The summed E-state index contributed by atoms with van der Waals surface area (Å²) in [6, 6.07) is 5.85. The minimum absolute atomic E-state index is 0.0226. The molecule has 0 atom stereocenters. The lowest BCUT2D eigenvalue weighted by Gasteiger charge is -2.20. The molecule has 0 radical (unpaired) electrons. The number of anilines is 2. The van der Waals surface area contributed by atoms with Gasteiger partial charge in [0.05, 0.1) is 11.9 Å². The highest BCUT2D eigenvalue weighted by Crippen LogP contribution is 2.30. The first-order chi connectivity index (χ1) is 15.7. The molecular formula is C25H29FN4O3. The van der Waals surface area contributed by atoms with Crippen molar-refractivity contribution in [3.05, 3.63) is 87.7 Å². The Morgan fingerprint density at radius 3 is 2.64 bits per heavy atom. The minimum atomic E-state index is -0.517. The number of ether oxygens (including phenoxy) is 1. The number of nitrogens with one attached hydrogen (secondary N) is 2. The number of rotatable bonds is 9. The summed E-state index contributed by atoms with van der Waals surface area (Å²) in [5.41, 5.74) is 1.26. The first kappa shape index (κ1) is 25.3. The van der Waals surface area contributed by atoms with Gasteiger partial charge in [0, 0.05) is 26.7 Å². The predicted molar refractivity (Wildman–Crippen MR) is 131 cm³/mol. The Kier molecular flexibility index (Phi) is 8.91. The van der Waals surface area contributed by atoms with Crippen molar-refractivity contribution in [3.8, 4) is 5.75 Å². The zero-order chi connectivity index (χ0) is 24.5. The van der Waals surface area contributed by atoms with Crippen LogP contribution in [-0.4, -0.2) is 30.3 Å². The van der Waals surface area contributed by atoms with Crippen LogP contribution in [0.4, 0.5) is 15.9 Å². The maximum absolute atomic E-state index is 14.6. The van der Waals surface area contributed by atoms with E-state index in [0.29, 0.717) is 5.76 Å². The largest absolute Gasteiger partial charge is 0.455 e. The van der Waals surface area contributed by atoms with E-state index in [9.17, 15) is 14.0 Å². The molecular weight excluding hydrogens is 423 g/mol. The summed E-state index contributed by atoms with van der Waals surface area (Å²) in [5, 5.41) is 5.65. The van der Waals surface area contributed by atoms with Crippen LogP contribution in [0.2, 0.25) is 0 Å². The molecule has 8 heteroatoms. The Morgan fingerprint density at radius 1 is 1.30 bits per heavy atom. The third-order valence-electron chi connectivity index (χ3n) is 4.62. The molecule has 2 rings (SSSR count). The lowest BCUT2D eigenvalue weighted by molar-refractivity contribution is 0.0955. The van der Waals surface area contributed by atoms with E-state index in [-0.39, 0.29) is 29.4 Å². The SMILES string of the molecule is C=C/C=C/CNC(=O)c1c(OC(C=NC)=C(C)C)cc(=O)n(C)c1Nc1ccc(C)cc1F. The van der Waals surface area contributed by atoms with E-state index >= 15 is 0 Å². The number of hydrogen-bond acceptors (Lipinski definition) is 5. The second kappa shape index (κ2) is 11.6. The van der Waals surface area contributed by atoms with Crippen LogP contribution >= 0.6 is 0 Å². The normalized spacial score (nSPS) is 11.0. The number of carbonyl (C=O) groups is 1. The Labute approximate surface area is 193 Å². The Balaban J connectivity index is 2.69. The maximum atomic E-state index is 14.6. The number of benzene rings is 1. The number of aliphatic imine (C=N–C) groups is 1. The van der Waals surface area contributed by atoms with Crippen molar-refractivity contribution >= 4 is 23.6 Å². The molecule has 0 fully saturated rings. The number of allylic oxidation sites excluding steroid dienone is 4. The van der Waals surface area contributed by atoms with E-state index in [1.807, 2.05) is 13.8 Å². The van der Waals surface area contributed by atoms with Gasteiger partial charge in [-0.1, -0.05) is 30.9 Å². The highest BCUT2D eigenvalue weighted by molar-refractivity contribution is 6.02. The van der Waals surface area contributed by atoms with E-state index in [4.69, 9.17) is 4.74 Å². The fraction of sp³-hybridized carbons (Fsp3) is 0.240. The van der Waals surface area contributed by atoms with Gasteiger partial charge in [-0.25, -0.2) is 4.39 Å². The Bertz CT molecular complexity index is 1190. The molecule has 0 aliphatic carbocycles. The Hall–Kier alpha value is -3.94. The quantitative estimate of drug-likeness (QED) is 0.335. The number of aryl methyl sites for hydroxylation is 1. The van der Waals surface area contributed by atoms with Gasteiger partial charge in [-0.2, -0.15) is 0 Å². The lowest BCUT2D eigenvalue weighted by Crippen LogP contribution is -2.29. The topological polar surface area (TPSA) is 84.7 Å². The van der Waals surface area contributed by atoms with Gasteiger partial charge < -0.3 is 15.4 Å². The van der Waals surface area contributed by atoms with Crippen molar-refractivity contribution in [1.29, 1.82) is 0 Å². The number of pyridine rings is 1. The van der Waals surface area contributed by atoms with Gasteiger partial charge in [0.15, 0.2) is 0 Å². The zero-order valence-electron chi connectivity index (χ0n) is 19.5. The molecule has 2 aromatic rings. The van der Waals surface area contributed by atoms with Gasteiger partial charge in [-0.05, 0) is 44.0 Å². The molecule has 0 unspecified atom stereocenters. The standard InChI is InChI=1S/C25H29FN4O3/c1-7-8-9-12-28-25(32)23-20(33-21(15-27-5)16(2)3)14-22(31)30(6)24(23)29-19-11-10-17(4)13-18(19)26/h7-11,13-15,29H,1,12H2,2-6H3,(H,28,32)/b9-8+,27-15?. The molecule has 7 nitrogen and oxygen atoms in total. The van der Waals surface area contributed by atoms with E-state index in [2.05, 4.69) is 22.2 Å². The molecule has 1 aromatic heterocycles. The molecule has 0 aliphatic heterocycles. The van der Waals surface area contributed by atoms with Gasteiger partial charge >= 0.3 is 0 Å². The molecule has 1 aromatic carbocycles. The van der Waals surface area contributed by atoms with Crippen LogP contribution in [0.3, 0.4) is 0 Å². The van der Waals surface area contributed by atoms with Gasteiger partial charge in [-0.15, -0.1) is 0 Å². The third kappa shape index (κ3) is 6.52. The van der Waals surface area contributed by atoms with Crippen LogP contribution in [-0.2, 0) is 7.05 Å². The molecule has 1 heterocycles. The summed E-state index contributed by atoms with van der Waals surface area (Å²) in [4.78, 5) is 29.9. The summed E-state index contributed by atoms with van der Waals surface area (Å²) in [5.74, 6) is -0.525. The van der Waals surface area contributed by atoms with Crippen molar-refractivity contribution in [2.24, 2.45) is 12.0 Å². The smallest absolute Gasteiger partial charge is 0.259 e. The van der Waals surface area contributed by atoms with Crippen molar-refractivity contribution in [3.63, 3.8) is 0 Å². The fourth-order valence-corrected chi connectivity index (χ4v) is 2.87. The van der Waals surface area contributed by atoms with E-state index in [1.165, 1.54) is 30.0 Å². The van der Waals surface area contributed by atoms with Crippen LogP contribution in [0.5, 0.6) is 5.75 Å². The van der Waals surface area contributed by atoms with E-state index in [1.54, 1.807) is 44.3 Å². The van der Waals surface area contributed by atoms with Crippen LogP contribution in [0.1, 0.15) is 29.8 Å². The van der Waals surface area contributed by atoms with Crippen LogP contribution in [0.25, 0.3) is 0 Å². The second-order valence-corrected chi connectivity index (χ2v) is 7.47. The molecule has 0 saturated heterocycles. The molecule has 2 N–H and O–H groups in total. The van der Waals surface area contributed by atoms with Crippen molar-refractivity contribution in [2.75, 3.05) is 18.9 Å². The maximum Gasteiger partial charge on any atom is 0.259 e. The summed E-state index contributed by atoms with van der Waals surface area (Å²) in [7, 11) is 3.08. The van der Waals surface area contributed by atoms with E-state index in [0.717, 1.165) is 11.1 Å². The number of halogens is 1. The third-order valence-corrected chi connectivity index (χ3v) is 4.62. The average Bonchev–Trinajstić information content (AvgIpc) is 2.75. The van der Waals surface area contributed by atoms with Crippen LogP contribution in [0, 0.1) is 12.7 Å². The molecule has 33 heavy (non-hydrogen) atoms. The molecule has 0 bridgehead atoms. The molecule has 0 aliphatic rings. The van der Waals surface area contributed by atoms with Gasteiger partial charge in [0.2, 0.25) is 0 Å². The first-order valence-corrected chi connectivity index (χ1v) is 10.3. The van der Waals surface area contributed by atoms with Crippen molar-refractivity contribution in [1.82, 2.24) is 9.88 Å². The van der Waals surface area contributed by atoms with Gasteiger partial charge in [0.1, 0.15) is 28.7 Å². The van der Waals surface area contributed by atoms with Gasteiger partial charge in [-0.3, -0.25) is 19.1 Å². The van der Waals surface area contributed by atoms with Gasteiger partial charge in [0.25, 0.3) is 11.5 Å². The van der Waals surface area contributed by atoms with Crippen LogP contribution < -0.4 is 20.9 Å². The summed E-state index contributed by atoms with van der Waals surface area (Å²) in [6.07, 6.45) is 6.49. The van der Waals surface area contributed by atoms with Crippen molar-refractivity contribution in [2.45, 2.75) is 20.8 Å². The number of aromatic nitrogens is 1. The lowest BCUT2D eigenvalue weighted by atomic mass is 10.1. The fourth-order valence-electron chi connectivity index (χ4n) is 2.87. The monoisotopic (exact) mass is 452 g/mol. The molecule has 174 valence electrons. The summed E-state index contributed by atoms with van der Waals surface area (Å²) < 4.78 is 21.8. The summed E-state index contributed by atoms with van der Waals surface area (Å²) >= 11 is 0. The molecule has 0 spiro atoms. The predicted octanol–water partition coefficient (Wildman–Crippen LogP) is 4.42. The average molecular weight is 453 g/mol. The summed E-state index contributed by atoms with van der Waals surface area (Å²) in [6.45, 7) is 9.22. The zero-order valence-corrected chi connectivity index (χ0v) is 19.5. The highest BCUT2D eigenvalue weighted by atomic mass is 19.1. The van der Waals surface area contributed by atoms with Crippen molar-refractivity contribution < 1.29 is 13.9 Å². The number of hydrogen-bond donors (Lipinski definition) is 2. The van der Waals surface area contributed by atoms with E-state index < -0.39 is 17.3 Å². The van der Waals surface area contributed by atoms with Crippen LogP contribution in [0.15, 0.2) is 70.2 Å².